The van der Waals surface area contributed by atoms with Crippen LogP contribution in [-0.2, 0) is 5.41 Å². The Morgan fingerprint density at radius 1 is 0.280 bits per heavy atom. The van der Waals surface area contributed by atoms with Crippen molar-refractivity contribution in [2.45, 2.75) is 5.41 Å². The van der Waals surface area contributed by atoms with Crippen molar-refractivity contribution in [3.63, 3.8) is 0 Å². The summed E-state index contributed by atoms with van der Waals surface area (Å²) >= 11 is 0. The van der Waals surface area contributed by atoms with Crippen molar-refractivity contribution in [1.29, 1.82) is 0 Å². The summed E-state index contributed by atoms with van der Waals surface area (Å²) in [5.41, 5.74) is 26.2. The number of fused-ring (bicyclic) bond motifs is 13. The Bertz CT molecular complexity index is 4240. The maximum Gasteiger partial charge on any atom is 0.0726 e. The lowest BCUT2D eigenvalue weighted by molar-refractivity contribution is 0.794. The minimum absolute atomic E-state index is 0.476. The third-order valence-electron chi connectivity index (χ3n) is 16.0. The maximum absolute atomic E-state index is 2.51. The van der Waals surface area contributed by atoms with Crippen LogP contribution in [0, 0.1) is 0 Å². The smallest absolute Gasteiger partial charge is 0.0726 e. The normalized spacial score (nSPS) is 12.6. The molecule has 2 nitrogen and oxygen atoms in total. The fraction of sp³-hybridized carbons (Fsp3) is 0.0137. The van der Waals surface area contributed by atoms with Crippen molar-refractivity contribution in [2.24, 2.45) is 0 Å². The van der Waals surface area contributed by atoms with Crippen LogP contribution in [0.3, 0.4) is 0 Å². The number of rotatable bonds is 8. The molecule has 2 aliphatic carbocycles. The van der Waals surface area contributed by atoms with Crippen LogP contribution in [0.4, 0.5) is 17.1 Å². The van der Waals surface area contributed by atoms with Crippen LogP contribution in [0.2, 0.25) is 0 Å². The molecule has 0 amide bonds. The van der Waals surface area contributed by atoms with E-state index in [1.54, 1.807) is 0 Å². The van der Waals surface area contributed by atoms with Crippen LogP contribution < -0.4 is 4.90 Å². The summed E-state index contributed by atoms with van der Waals surface area (Å²) in [5, 5.41) is 2.49. The minimum atomic E-state index is -0.476. The molecule has 0 saturated heterocycles. The highest BCUT2D eigenvalue weighted by molar-refractivity contribution is 6.16. The molecule has 1 spiro atoms. The predicted octanol–water partition coefficient (Wildman–Crippen LogP) is 19.3. The van der Waals surface area contributed by atoms with Crippen LogP contribution in [0.15, 0.2) is 291 Å². The van der Waals surface area contributed by atoms with Crippen LogP contribution in [-0.4, -0.2) is 4.57 Å². The number of nitrogens with zero attached hydrogens (tertiary/aromatic N) is 2. The zero-order chi connectivity index (χ0) is 49.5. The Morgan fingerprint density at radius 3 is 1.43 bits per heavy atom. The number of hydrogen-bond acceptors (Lipinski definition) is 1. The summed E-state index contributed by atoms with van der Waals surface area (Å²) in [5.74, 6) is 0. The number of anilines is 3. The molecule has 0 radical (unpaired) electrons. The van der Waals surface area contributed by atoms with E-state index in [1.807, 2.05) is 0 Å². The van der Waals surface area contributed by atoms with Gasteiger partial charge in [-0.05, 0) is 156 Å². The van der Waals surface area contributed by atoms with Gasteiger partial charge in [-0.2, -0.15) is 0 Å². The monoisotopic (exact) mass is 952 g/mol. The number of hydrogen-bond donors (Lipinski definition) is 0. The molecule has 0 N–H and O–H groups in total. The van der Waals surface area contributed by atoms with Gasteiger partial charge in [0, 0.05) is 33.4 Å². The Hall–Kier alpha value is -9.76. The molecule has 1 heterocycles. The second kappa shape index (κ2) is 17.2. The van der Waals surface area contributed by atoms with Crippen molar-refractivity contribution in [3.05, 3.63) is 313 Å². The number of aromatic nitrogens is 1. The Morgan fingerprint density at radius 2 is 0.760 bits per heavy atom. The standard InChI is InChI=1S/C73H48N2/c1-4-21-49(22-5-1)53-45-54(50-23-6-2-7-24-50)47-55(46-53)52-25-18-28-58(48-52)74(57-43-41-51(42-44-57)59-33-19-39-69-71(59)63-32-13-17-38-68(63)75(69)56-26-8-3-9-27-56)70-40-20-37-67-72(70)62-31-12-16-36-66(62)73(67)64-34-14-10-29-60(64)61-30-11-15-35-65(61)73/h1-48H. The summed E-state index contributed by atoms with van der Waals surface area (Å²) < 4.78 is 2.40. The summed E-state index contributed by atoms with van der Waals surface area (Å²) in [4.78, 5) is 2.51. The third kappa shape index (κ3) is 6.60. The van der Waals surface area contributed by atoms with E-state index in [-0.39, 0.29) is 0 Å². The van der Waals surface area contributed by atoms with E-state index >= 15 is 0 Å². The zero-order valence-electron chi connectivity index (χ0n) is 41.1. The molecular formula is C73H48N2. The largest absolute Gasteiger partial charge is 0.310 e. The van der Waals surface area contributed by atoms with E-state index < -0.39 is 5.41 Å². The molecule has 0 fully saturated rings. The lowest BCUT2D eigenvalue weighted by Gasteiger charge is -2.32. The van der Waals surface area contributed by atoms with Crippen LogP contribution in [0.25, 0.3) is 94.3 Å². The molecule has 0 unspecified atom stereocenters. The third-order valence-corrected chi connectivity index (χ3v) is 16.0. The molecule has 0 atom stereocenters. The number of para-hydroxylation sites is 2. The molecule has 12 aromatic carbocycles. The van der Waals surface area contributed by atoms with Crippen molar-refractivity contribution in [2.75, 3.05) is 4.90 Å². The first kappa shape index (κ1) is 42.9. The molecule has 75 heavy (non-hydrogen) atoms. The predicted molar refractivity (Wildman–Crippen MR) is 314 cm³/mol. The van der Waals surface area contributed by atoms with Crippen molar-refractivity contribution in [3.8, 4) is 72.4 Å². The van der Waals surface area contributed by atoms with Crippen molar-refractivity contribution < 1.29 is 0 Å². The van der Waals surface area contributed by atoms with Gasteiger partial charge in [0.05, 0.1) is 22.1 Å². The highest BCUT2D eigenvalue weighted by Crippen LogP contribution is 2.64. The Balaban J connectivity index is 0.949. The van der Waals surface area contributed by atoms with Crippen LogP contribution in [0.1, 0.15) is 22.3 Å². The van der Waals surface area contributed by atoms with Gasteiger partial charge in [-0.15, -0.1) is 0 Å². The lowest BCUT2D eigenvalue weighted by Crippen LogP contribution is -2.26. The molecule has 13 aromatic rings. The van der Waals surface area contributed by atoms with E-state index in [2.05, 4.69) is 301 Å². The van der Waals surface area contributed by atoms with Crippen molar-refractivity contribution in [1.82, 2.24) is 4.57 Å². The molecule has 15 rings (SSSR count). The van der Waals surface area contributed by atoms with E-state index in [4.69, 9.17) is 0 Å². The second-order valence-corrected chi connectivity index (χ2v) is 19.9. The van der Waals surface area contributed by atoms with Gasteiger partial charge in [-0.3, -0.25) is 0 Å². The molecule has 0 bridgehead atoms. The first-order valence-electron chi connectivity index (χ1n) is 26.0. The van der Waals surface area contributed by atoms with E-state index in [0.717, 1.165) is 33.9 Å². The quantitative estimate of drug-likeness (QED) is 0.147. The van der Waals surface area contributed by atoms with E-state index in [1.165, 1.54) is 99.7 Å². The first-order valence-corrected chi connectivity index (χ1v) is 26.0. The molecule has 1 aromatic heterocycles. The molecular weight excluding hydrogens is 905 g/mol. The average Bonchev–Trinajstić information content (AvgIpc) is 4.22. The molecule has 0 saturated carbocycles. The highest BCUT2D eigenvalue weighted by Gasteiger charge is 2.52. The summed E-state index contributed by atoms with van der Waals surface area (Å²) in [6.45, 7) is 0. The van der Waals surface area contributed by atoms with Gasteiger partial charge in [0.15, 0.2) is 0 Å². The Labute approximate surface area is 437 Å². The van der Waals surface area contributed by atoms with E-state index in [9.17, 15) is 0 Å². The van der Waals surface area contributed by atoms with Gasteiger partial charge < -0.3 is 9.47 Å². The summed E-state index contributed by atoms with van der Waals surface area (Å²) in [7, 11) is 0. The van der Waals surface area contributed by atoms with Gasteiger partial charge in [0.2, 0.25) is 0 Å². The van der Waals surface area contributed by atoms with Gasteiger partial charge in [-0.1, -0.05) is 218 Å². The minimum Gasteiger partial charge on any atom is -0.310 e. The Kier molecular flexibility index (Phi) is 9.83. The maximum atomic E-state index is 2.51. The fourth-order valence-electron chi connectivity index (χ4n) is 12.9. The summed E-state index contributed by atoms with van der Waals surface area (Å²) in [6.07, 6.45) is 0. The number of benzene rings is 12. The lowest BCUT2D eigenvalue weighted by atomic mass is 9.70. The molecule has 2 heteroatoms. The summed E-state index contributed by atoms with van der Waals surface area (Å²) in [6, 6.07) is 108. The van der Waals surface area contributed by atoms with Gasteiger partial charge in [0.1, 0.15) is 0 Å². The molecule has 350 valence electrons. The molecule has 2 aliphatic rings. The highest BCUT2D eigenvalue weighted by atomic mass is 15.1. The SMILES string of the molecule is c1ccc(-c2cc(-c3ccccc3)cc(-c3cccc(N(c4ccc(-c5cccc6c5c5ccccc5n6-c5ccccc5)cc4)c4cccc5c4-c4ccccc4C54c5ccccc5-c5ccccc54)c3)c2)cc1. The van der Waals surface area contributed by atoms with Gasteiger partial charge in [-0.25, -0.2) is 0 Å². The first-order chi connectivity index (χ1) is 37.2. The van der Waals surface area contributed by atoms with Gasteiger partial charge in [0.25, 0.3) is 0 Å². The molecule has 0 aliphatic heterocycles. The van der Waals surface area contributed by atoms with Crippen LogP contribution >= 0.6 is 0 Å². The van der Waals surface area contributed by atoms with Crippen LogP contribution in [0.5, 0.6) is 0 Å². The zero-order valence-corrected chi connectivity index (χ0v) is 41.1. The second-order valence-electron chi connectivity index (χ2n) is 19.9. The van der Waals surface area contributed by atoms with E-state index in [0.29, 0.717) is 0 Å². The average molecular weight is 953 g/mol. The van der Waals surface area contributed by atoms with Crippen molar-refractivity contribution >= 4 is 38.9 Å². The fourth-order valence-corrected chi connectivity index (χ4v) is 12.9. The van der Waals surface area contributed by atoms with Gasteiger partial charge >= 0.3 is 0 Å². The topological polar surface area (TPSA) is 8.17 Å².